The van der Waals surface area contributed by atoms with E-state index in [4.69, 9.17) is 0 Å². The smallest absolute Gasteiger partial charge is 0.269 e. The zero-order chi connectivity index (χ0) is 14.3. The maximum absolute atomic E-state index is 11.8. The fourth-order valence-electron chi connectivity index (χ4n) is 1.53. The molecule has 0 aromatic carbocycles. The van der Waals surface area contributed by atoms with Crippen molar-refractivity contribution in [3.63, 3.8) is 0 Å². The van der Waals surface area contributed by atoms with Crippen LogP contribution in [0.2, 0.25) is 0 Å². The molecule has 0 radical (unpaired) electrons. The average Bonchev–Trinajstić information content (AvgIpc) is 2.36. The number of carbonyl (C=O) groups excluding carboxylic acids is 1. The molecule has 1 amide bonds. The van der Waals surface area contributed by atoms with Gasteiger partial charge in [-0.1, -0.05) is 27.7 Å². The quantitative estimate of drug-likeness (QED) is 0.795. The van der Waals surface area contributed by atoms with Crippen LogP contribution < -0.4 is 10.6 Å². The molecule has 106 valence electrons. The maximum Gasteiger partial charge on any atom is 0.269 e. The van der Waals surface area contributed by atoms with E-state index in [0.29, 0.717) is 24.1 Å². The first-order valence-electron chi connectivity index (χ1n) is 6.97. The molecule has 0 saturated heterocycles. The first kappa shape index (κ1) is 15.5. The lowest BCUT2D eigenvalue weighted by molar-refractivity contribution is 0.0944. The van der Waals surface area contributed by atoms with Gasteiger partial charge in [0.25, 0.3) is 5.91 Å². The van der Waals surface area contributed by atoms with Gasteiger partial charge in [0.2, 0.25) is 0 Å². The van der Waals surface area contributed by atoms with Gasteiger partial charge >= 0.3 is 0 Å². The van der Waals surface area contributed by atoms with Gasteiger partial charge in [-0.3, -0.25) is 4.79 Å². The van der Waals surface area contributed by atoms with E-state index in [1.807, 2.05) is 6.07 Å². The first-order valence-corrected chi connectivity index (χ1v) is 6.97. The van der Waals surface area contributed by atoms with Crippen molar-refractivity contribution in [2.75, 3.05) is 18.4 Å². The summed E-state index contributed by atoms with van der Waals surface area (Å²) >= 11 is 0. The third kappa shape index (κ3) is 6.22. The summed E-state index contributed by atoms with van der Waals surface area (Å²) in [6, 6.07) is 3.66. The molecular weight excluding hydrogens is 238 g/mol. The zero-order valence-corrected chi connectivity index (χ0v) is 12.4. The van der Waals surface area contributed by atoms with E-state index in [0.717, 1.165) is 18.7 Å². The summed E-state index contributed by atoms with van der Waals surface area (Å²) in [7, 11) is 0. The Morgan fingerprint density at radius 1 is 1.21 bits per heavy atom. The molecule has 1 aromatic rings. The highest BCUT2D eigenvalue weighted by Gasteiger charge is 2.07. The highest BCUT2D eigenvalue weighted by molar-refractivity contribution is 5.92. The summed E-state index contributed by atoms with van der Waals surface area (Å²) in [5.74, 6) is 1.02. The molecule has 1 aromatic heterocycles. The van der Waals surface area contributed by atoms with Crippen LogP contribution in [-0.4, -0.2) is 24.0 Å². The number of carbonyl (C=O) groups is 1. The number of pyridine rings is 1. The van der Waals surface area contributed by atoms with Gasteiger partial charge in [-0.25, -0.2) is 4.98 Å². The Balaban J connectivity index is 2.44. The van der Waals surface area contributed by atoms with Crippen LogP contribution in [0.15, 0.2) is 18.3 Å². The fraction of sp³-hybridized carbons (Fsp3) is 0.600. The van der Waals surface area contributed by atoms with E-state index >= 15 is 0 Å². The van der Waals surface area contributed by atoms with E-state index < -0.39 is 0 Å². The molecule has 0 fully saturated rings. The van der Waals surface area contributed by atoms with E-state index in [1.54, 1.807) is 12.3 Å². The number of rotatable bonds is 7. The highest BCUT2D eigenvalue weighted by atomic mass is 16.1. The summed E-state index contributed by atoms with van der Waals surface area (Å²) < 4.78 is 0. The Labute approximate surface area is 116 Å². The molecule has 19 heavy (non-hydrogen) atoms. The summed E-state index contributed by atoms with van der Waals surface area (Å²) in [4.78, 5) is 15.9. The molecule has 1 heterocycles. The molecule has 0 saturated carbocycles. The Hall–Kier alpha value is -1.58. The van der Waals surface area contributed by atoms with Crippen LogP contribution in [0.1, 0.15) is 44.6 Å². The number of nitrogens with one attached hydrogen (secondary N) is 2. The zero-order valence-electron chi connectivity index (χ0n) is 12.4. The van der Waals surface area contributed by atoms with E-state index in [9.17, 15) is 4.79 Å². The van der Waals surface area contributed by atoms with Crippen LogP contribution in [0.3, 0.4) is 0 Å². The molecule has 0 unspecified atom stereocenters. The highest BCUT2D eigenvalue weighted by Crippen LogP contribution is 2.07. The number of nitrogens with zero attached hydrogens (tertiary/aromatic N) is 1. The van der Waals surface area contributed by atoms with Gasteiger partial charge in [-0.15, -0.1) is 0 Å². The molecule has 0 atom stereocenters. The van der Waals surface area contributed by atoms with Gasteiger partial charge in [0, 0.05) is 13.1 Å². The molecule has 0 aliphatic carbocycles. The van der Waals surface area contributed by atoms with E-state index in [1.165, 1.54) is 0 Å². The molecule has 0 aliphatic heterocycles. The van der Waals surface area contributed by atoms with Crippen LogP contribution in [0.25, 0.3) is 0 Å². The second-order valence-electron chi connectivity index (χ2n) is 5.65. The largest absolute Gasteiger partial charge is 0.384 e. The van der Waals surface area contributed by atoms with Gasteiger partial charge < -0.3 is 10.6 Å². The Bertz CT molecular complexity index is 385. The first-order chi connectivity index (χ1) is 8.99. The van der Waals surface area contributed by atoms with Crippen molar-refractivity contribution in [2.45, 2.75) is 34.1 Å². The number of aromatic nitrogens is 1. The molecule has 4 heteroatoms. The predicted molar refractivity (Wildman–Crippen MR) is 79.4 cm³/mol. The third-order valence-electron chi connectivity index (χ3n) is 2.72. The van der Waals surface area contributed by atoms with Crippen LogP contribution in [0.4, 0.5) is 5.69 Å². The third-order valence-corrected chi connectivity index (χ3v) is 2.72. The Morgan fingerprint density at radius 2 is 1.95 bits per heavy atom. The van der Waals surface area contributed by atoms with Crippen molar-refractivity contribution in [3.05, 3.63) is 24.0 Å². The lowest BCUT2D eigenvalue weighted by Gasteiger charge is -2.09. The van der Waals surface area contributed by atoms with Crippen LogP contribution in [-0.2, 0) is 0 Å². The monoisotopic (exact) mass is 263 g/mol. The standard InChI is InChI=1S/C15H25N3O/c1-11(2)7-8-16-13-5-6-14(17-10-13)15(19)18-9-12(3)4/h5-6,10-12,16H,7-9H2,1-4H3,(H,18,19). The van der Waals surface area contributed by atoms with Crippen molar-refractivity contribution >= 4 is 11.6 Å². The average molecular weight is 263 g/mol. The molecule has 4 nitrogen and oxygen atoms in total. The Kier molecular flexibility index (Phi) is 6.33. The molecule has 0 bridgehead atoms. The van der Waals surface area contributed by atoms with Crippen molar-refractivity contribution in [1.29, 1.82) is 0 Å². The number of hydrogen-bond donors (Lipinski definition) is 2. The van der Waals surface area contributed by atoms with Crippen molar-refractivity contribution < 1.29 is 4.79 Å². The predicted octanol–water partition coefficient (Wildman–Crippen LogP) is 2.93. The molecule has 1 rings (SSSR count). The van der Waals surface area contributed by atoms with Gasteiger partial charge in [0.1, 0.15) is 5.69 Å². The van der Waals surface area contributed by atoms with E-state index in [2.05, 4.69) is 43.3 Å². The fourth-order valence-corrected chi connectivity index (χ4v) is 1.53. The summed E-state index contributed by atoms with van der Waals surface area (Å²) in [5.41, 5.74) is 1.43. The minimum Gasteiger partial charge on any atom is -0.384 e. The maximum atomic E-state index is 11.8. The minimum atomic E-state index is -0.109. The SMILES string of the molecule is CC(C)CCNc1ccc(C(=O)NCC(C)C)nc1. The van der Waals surface area contributed by atoms with Crippen molar-refractivity contribution in [3.8, 4) is 0 Å². The van der Waals surface area contributed by atoms with Gasteiger partial charge in [-0.05, 0) is 30.4 Å². The lowest BCUT2D eigenvalue weighted by Crippen LogP contribution is -2.28. The number of hydrogen-bond acceptors (Lipinski definition) is 3. The summed E-state index contributed by atoms with van der Waals surface area (Å²) in [6.45, 7) is 10.1. The topological polar surface area (TPSA) is 54.0 Å². The van der Waals surface area contributed by atoms with Gasteiger partial charge in [-0.2, -0.15) is 0 Å². The second-order valence-corrected chi connectivity index (χ2v) is 5.65. The number of anilines is 1. The van der Waals surface area contributed by atoms with Gasteiger partial charge in [0.15, 0.2) is 0 Å². The summed E-state index contributed by atoms with van der Waals surface area (Å²) in [6.07, 6.45) is 2.83. The van der Waals surface area contributed by atoms with Crippen LogP contribution >= 0.6 is 0 Å². The molecule has 0 spiro atoms. The molecular formula is C15H25N3O. The van der Waals surface area contributed by atoms with Crippen molar-refractivity contribution in [2.24, 2.45) is 11.8 Å². The Morgan fingerprint density at radius 3 is 2.47 bits per heavy atom. The van der Waals surface area contributed by atoms with Crippen LogP contribution in [0.5, 0.6) is 0 Å². The number of amides is 1. The minimum absolute atomic E-state index is 0.109. The molecule has 0 aliphatic rings. The lowest BCUT2D eigenvalue weighted by atomic mass is 10.1. The van der Waals surface area contributed by atoms with Gasteiger partial charge in [0.05, 0.1) is 11.9 Å². The normalized spacial score (nSPS) is 10.8. The van der Waals surface area contributed by atoms with Crippen LogP contribution in [0, 0.1) is 11.8 Å². The second kappa shape index (κ2) is 7.77. The van der Waals surface area contributed by atoms with Crippen molar-refractivity contribution in [1.82, 2.24) is 10.3 Å². The van der Waals surface area contributed by atoms with E-state index in [-0.39, 0.29) is 5.91 Å². The summed E-state index contributed by atoms with van der Waals surface area (Å²) in [5, 5.41) is 6.15. The molecule has 2 N–H and O–H groups in total.